The molecular formula is C43H27N. The van der Waals surface area contributed by atoms with E-state index in [1.54, 1.807) is 0 Å². The van der Waals surface area contributed by atoms with Crippen LogP contribution < -0.4 is 0 Å². The molecule has 2 aliphatic rings. The number of hydrogen-bond donors (Lipinski definition) is 0. The van der Waals surface area contributed by atoms with E-state index in [-0.39, 0.29) is 0 Å². The molecule has 7 aromatic carbocycles. The molecule has 204 valence electrons. The summed E-state index contributed by atoms with van der Waals surface area (Å²) in [6.07, 6.45) is 0. The molecule has 0 saturated carbocycles. The number of rotatable bonds is 2. The summed E-state index contributed by atoms with van der Waals surface area (Å²) in [5.41, 5.74) is -9.56. The van der Waals surface area contributed by atoms with E-state index in [4.69, 9.17) is 19.2 Å². The van der Waals surface area contributed by atoms with Crippen LogP contribution in [0.5, 0.6) is 0 Å². The summed E-state index contributed by atoms with van der Waals surface area (Å²) < 4.78 is 235. The highest BCUT2D eigenvalue weighted by molar-refractivity contribution is 6.10. The van der Waals surface area contributed by atoms with Gasteiger partial charge in [0, 0.05) is 16.5 Å². The molecule has 0 saturated heterocycles. The van der Waals surface area contributed by atoms with Crippen molar-refractivity contribution in [2.75, 3.05) is 0 Å². The Balaban J connectivity index is 1.50. The van der Waals surface area contributed by atoms with Crippen LogP contribution in [-0.4, -0.2) is 4.57 Å². The number of hydrogen-bond acceptors (Lipinski definition) is 0. The van der Waals surface area contributed by atoms with Crippen molar-refractivity contribution >= 4 is 21.8 Å². The molecule has 1 spiro atoms. The Hall–Kier alpha value is -5.66. The van der Waals surface area contributed by atoms with Crippen molar-refractivity contribution in [2.45, 2.75) is 5.41 Å². The highest BCUT2D eigenvalue weighted by Gasteiger charge is 2.51. The zero-order valence-electron chi connectivity index (χ0n) is 48.0. The Bertz CT molecular complexity index is 3780. The molecule has 0 radical (unpaired) electrons. The van der Waals surface area contributed by atoms with Gasteiger partial charge in [-0.25, -0.2) is 0 Å². The van der Waals surface area contributed by atoms with Crippen molar-refractivity contribution in [3.8, 4) is 39.1 Å². The maximum Gasteiger partial charge on any atom is 0.0726 e. The van der Waals surface area contributed by atoms with E-state index in [1.807, 2.05) is 0 Å². The molecule has 10 rings (SSSR count). The lowest BCUT2D eigenvalue weighted by molar-refractivity contribution is 0.792. The van der Waals surface area contributed by atoms with Crippen LogP contribution in [0.1, 0.15) is 57.9 Å². The predicted molar refractivity (Wildman–Crippen MR) is 183 cm³/mol. The van der Waals surface area contributed by atoms with Crippen LogP contribution in [0.3, 0.4) is 0 Å². The quantitative estimate of drug-likeness (QED) is 0.191. The van der Waals surface area contributed by atoms with Gasteiger partial charge < -0.3 is 4.57 Å². The number of benzene rings is 7. The second-order valence-corrected chi connectivity index (χ2v) is 10.1. The van der Waals surface area contributed by atoms with Gasteiger partial charge in [0.05, 0.1) is 52.1 Å². The molecule has 0 unspecified atom stereocenters. The minimum absolute atomic E-state index is 0.407. The Morgan fingerprint density at radius 1 is 0.409 bits per heavy atom. The van der Waals surface area contributed by atoms with Gasteiger partial charge in [0.15, 0.2) is 0 Å². The lowest BCUT2D eigenvalue weighted by atomic mass is 9.70. The van der Waals surface area contributed by atoms with Crippen LogP contribution >= 0.6 is 0 Å². The topological polar surface area (TPSA) is 4.93 Å². The van der Waals surface area contributed by atoms with Gasteiger partial charge in [-0.15, -0.1) is 0 Å². The van der Waals surface area contributed by atoms with Crippen molar-refractivity contribution in [1.82, 2.24) is 4.57 Å². The smallest absolute Gasteiger partial charge is 0.0726 e. The minimum Gasteiger partial charge on any atom is -0.309 e. The fraction of sp³-hybridized carbons (Fsp3) is 0.0233. The van der Waals surface area contributed by atoms with Crippen LogP contribution in [0.15, 0.2) is 163 Å². The minimum atomic E-state index is -2.62. The highest BCUT2D eigenvalue weighted by atomic mass is 15.0. The predicted octanol–water partition coefficient (Wildman–Crippen LogP) is 10.8. The second kappa shape index (κ2) is 8.69. The molecule has 1 heterocycles. The summed E-state index contributed by atoms with van der Waals surface area (Å²) in [6.45, 7) is 0. The molecule has 2 aliphatic carbocycles. The molecule has 8 aromatic rings. The van der Waals surface area contributed by atoms with Crippen LogP contribution in [-0.2, 0) is 5.41 Å². The largest absolute Gasteiger partial charge is 0.309 e. The zero-order valence-corrected chi connectivity index (χ0v) is 22.0. The standard InChI is InChI=1S/C43H27N/c1-2-12-28(13-3-1)29-22-25-42-36(26-29)35-17-7-11-21-41(35)44(42)30-23-24-34-33-16-6-10-20-39(33)43(40(34)27-30)37-18-8-4-14-31(37)32-15-5-9-19-38(32)43/h1-27H/i1D,2D,3D,4D,5D,6D,7D,8D,9D,10D,11D,12D,13D,14D,15D,16D,17D,18D,19D,20D,21D,22D,23D,24D,25D,26D. The third-order valence-corrected chi connectivity index (χ3v) is 8.11. The van der Waals surface area contributed by atoms with Crippen molar-refractivity contribution < 1.29 is 35.6 Å². The molecule has 1 nitrogen and oxygen atoms in total. The molecule has 1 aromatic heterocycles. The molecule has 0 bridgehead atoms. The van der Waals surface area contributed by atoms with Gasteiger partial charge in [0.2, 0.25) is 0 Å². The molecule has 1 heteroatoms. The summed E-state index contributed by atoms with van der Waals surface area (Å²) in [4.78, 5) is 0. The Morgan fingerprint density at radius 3 is 1.64 bits per heavy atom. The number of para-hydroxylation sites is 1. The summed E-state index contributed by atoms with van der Waals surface area (Å²) in [6, 6.07) is -21.2. The molecule has 0 fully saturated rings. The molecular weight excluding hydrogens is 530 g/mol. The fourth-order valence-electron chi connectivity index (χ4n) is 6.43. The lowest BCUT2D eigenvalue weighted by Gasteiger charge is -2.30. The third kappa shape index (κ3) is 2.94. The maximum atomic E-state index is 9.76. The first-order valence-electron chi connectivity index (χ1n) is 26.2. The van der Waals surface area contributed by atoms with E-state index >= 15 is 0 Å². The van der Waals surface area contributed by atoms with Gasteiger partial charge in [0.1, 0.15) is 0 Å². The van der Waals surface area contributed by atoms with Crippen molar-refractivity contribution in [2.24, 2.45) is 0 Å². The van der Waals surface area contributed by atoms with Crippen LogP contribution in [0, 0.1) is 0 Å². The summed E-state index contributed by atoms with van der Waals surface area (Å²) in [7, 11) is 0. The molecule has 0 atom stereocenters. The average Bonchev–Trinajstić information content (AvgIpc) is 3.96. The van der Waals surface area contributed by atoms with E-state index < -0.39 is 246 Å². The van der Waals surface area contributed by atoms with E-state index in [2.05, 4.69) is 0 Å². The van der Waals surface area contributed by atoms with Gasteiger partial charge in [-0.1, -0.05) is 133 Å². The molecule has 0 N–H and O–H groups in total. The monoisotopic (exact) mass is 583 g/mol. The van der Waals surface area contributed by atoms with E-state index in [9.17, 15) is 16.4 Å². The summed E-state index contributed by atoms with van der Waals surface area (Å²) in [5.74, 6) is 0. The number of aromatic nitrogens is 1. The lowest BCUT2D eigenvalue weighted by Crippen LogP contribution is -2.26. The average molecular weight is 584 g/mol. The second-order valence-electron chi connectivity index (χ2n) is 10.1. The van der Waals surface area contributed by atoms with Gasteiger partial charge in [-0.05, 0) is 85.9 Å². The summed E-state index contributed by atoms with van der Waals surface area (Å²) in [5, 5.41) is -1.05. The Labute approximate surface area is 292 Å². The third-order valence-electron chi connectivity index (χ3n) is 8.11. The van der Waals surface area contributed by atoms with Crippen molar-refractivity contribution in [3.63, 3.8) is 0 Å². The van der Waals surface area contributed by atoms with Crippen LogP contribution in [0.2, 0.25) is 0 Å². The Kier molecular flexibility index (Phi) is 1.96. The highest BCUT2D eigenvalue weighted by Crippen LogP contribution is 2.62. The first-order chi connectivity index (χ1) is 32.6. The van der Waals surface area contributed by atoms with Crippen molar-refractivity contribution in [1.29, 1.82) is 0 Å². The molecule has 0 aliphatic heterocycles. The SMILES string of the molecule is [2H]c1c(-n2c3c([2H])c([2H])c([2H])c([2H])c3c3c([2H])c(-c4c([2H])c([2H])c([2H])c([2H])c4[2H])c([2H])c([2H])c32)cc2c(c1[2H])-c1c([2H])c([2H])c([2H])c([2H])c1C21c2c([2H])c([2H])c([2H])c([2H])c2-c2c([2H])c([2H])c([2H])c([2H])c21. The maximum absolute atomic E-state index is 9.76. The number of nitrogens with zero attached hydrogens (tertiary/aromatic N) is 1. The first-order valence-corrected chi connectivity index (χ1v) is 13.2. The van der Waals surface area contributed by atoms with E-state index in [0.717, 1.165) is 10.6 Å². The van der Waals surface area contributed by atoms with Crippen LogP contribution in [0.4, 0.5) is 0 Å². The molecule has 44 heavy (non-hydrogen) atoms. The van der Waals surface area contributed by atoms with Crippen molar-refractivity contribution in [3.05, 3.63) is 185 Å². The normalized spacial score (nSPS) is 21.9. The zero-order chi connectivity index (χ0) is 51.5. The van der Waals surface area contributed by atoms with Gasteiger partial charge >= 0.3 is 0 Å². The first kappa shape index (κ1) is 9.94. The van der Waals surface area contributed by atoms with Gasteiger partial charge in [-0.2, -0.15) is 0 Å². The fourth-order valence-corrected chi connectivity index (χ4v) is 6.43. The van der Waals surface area contributed by atoms with E-state index in [1.165, 1.54) is 0 Å². The van der Waals surface area contributed by atoms with E-state index in [0.29, 0.717) is 0 Å². The number of fused-ring (bicyclic) bond motifs is 13. The van der Waals surface area contributed by atoms with Gasteiger partial charge in [0.25, 0.3) is 0 Å². The van der Waals surface area contributed by atoms with Gasteiger partial charge in [-0.3, -0.25) is 0 Å². The summed E-state index contributed by atoms with van der Waals surface area (Å²) >= 11 is 0. The van der Waals surface area contributed by atoms with Crippen LogP contribution in [0.25, 0.3) is 60.9 Å². The Morgan fingerprint density at radius 2 is 0.955 bits per heavy atom. The molecule has 0 amide bonds.